The Labute approximate surface area is 136 Å². The number of piperazine rings is 1. The highest BCUT2D eigenvalue weighted by Gasteiger charge is 2.27. The third kappa shape index (κ3) is 3.09. The second kappa shape index (κ2) is 6.30. The zero-order valence-electron chi connectivity index (χ0n) is 13.3. The quantitative estimate of drug-likeness (QED) is 0.863. The van der Waals surface area contributed by atoms with Crippen LogP contribution in [-0.2, 0) is 13.0 Å². The number of rotatable bonds is 3. The fourth-order valence-corrected chi connectivity index (χ4v) is 3.60. The van der Waals surface area contributed by atoms with E-state index in [1.807, 2.05) is 12.1 Å². The third-order valence-corrected chi connectivity index (χ3v) is 4.87. The van der Waals surface area contributed by atoms with Crippen molar-refractivity contribution in [2.75, 3.05) is 37.7 Å². The van der Waals surface area contributed by atoms with E-state index in [0.717, 1.165) is 45.7 Å². The summed E-state index contributed by atoms with van der Waals surface area (Å²) in [5, 5.41) is 4.93. The van der Waals surface area contributed by atoms with E-state index in [2.05, 4.69) is 39.2 Å². The lowest BCUT2D eigenvalue weighted by Gasteiger charge is -2.40. The van der Waals surface area contributed by atoms with Crippen molar-refractivity contribution in [2.24, 2.45) is 0 Å². The van der Waals surface area contributed by atoms with Crippen molar-refractivity contribution in [1.29, 1.82) is 0 Å². The molecule has 1 saturated heterocycles. The topological polar surface area (TPSA) is 9.72 Å². The van der Waals surface area contributed by atoms with Gasteiger partial charge in [-0.15, -0.1) is 0 Å². The summed E-state index contributed by atoms with van der Waals surface area (Å²) in [5.74, 6) is -0.161. The monoisotopic (exact) mass is 311 g/mol. The van der Waals surface area contributed by atoms with Crippen molar-refractivity contribution in [3.8, 4) is 0 Å². The van der Waals surface area contributed by atoms with E-state index >= 15 is 0 Å². The summed E-state index contributed by atoms with van der Waals surface area (Å²) >= 11 is 0. The number of hydrazine groups is 1. The van der Waals surface area contributed by atoms with E-state index in [0.29, 0.717) is 0 Å². The molecular weight excluding hydrogens is 289 g/mol. The van der Waals surface area contributed by atoms with E-state index in [-0.39, 0.29) is 5.82 Å². The number of anilines is 1. The van der Waals surface area contributed by atoms with Gasteiger partial charge in [-0.05, 0) is 35.7 Å². The maximum Gasteiger partial charge on any atom is 0.123 e. The van der Waals surface area contributed by atoms with Crippen molar-refractivity contribution >= 4 is 5.69 Å². The molecule has 0 radical (unpaired) electrons. The standard InChI is InChI=1S/C19H22FN3/c20-18-7-5-16(6-8-18)15-21-11-13-22(14-12-21)23-10-9-17-3-1-2-4-19(17)23/h1-8H,9-15H2. The smallest absolute Gasteiger partial charge is 0.123 e. The van der Waals surface area contributed by atoms with Gasteiger partial charge in [-0.25, -0.2) is 9.40 Å². The average Bonchev–Trinajstić information content (AvgIpc) is 3.02. The van der Waals surface area contributed by atoms with E-state index in [4.69, 9.17) is 0 Å². The van der Waals surface area contributed by atoms with Crippen LogP contribution in [0.15, 0.2) is 48.5 Å². The molecule has 0 bridgehead atoms. The highest BCUT2D eigenvalue weighted by Crippen LogP contribution is 2.29. The zero-order valence-corrected chi connectivity index (χ0v) is 13.3. The molecule has 0 atom stereocenters. The van der Waals surface area contributed by atoms with Gasteiger partial charge in [-0.2, -0.15) is 0 Å². The van der Waals surface area contributed by atoms with Crippen LogP contribution in [0.25, 0.3) is 0 Å². The number of fused-ring (bicyclic) bond motifs is 1. The van der Waals surface area contributed by atoms with E-state index in [9.17, 15) is 4.39 Å². The molecule has 0 saturated carbocycles. The van der Waals surface area contributed by atoms with E-state index in [1.54, 1.807) is 12.1 Å². The van der Waals surface area contributed by atoms with E-state index < -0.39 is 0 Å². The van der Waals surface area contributed by atoms with Crippen molar-refractivity contribution < 1.29 is 4.39 Å². The minimum atomic E-state index is -0.161. The molecule has 4 rings (SSSR count). The van der Waals surface area contributed by atoms with Crippen molar-refractivity contribution in [1.82, 2.24) is 9.91 Å². The molecule has 0 N–H and O–H groups in total. The molecule has 23 heavy (non-hydrogen) atoms. The Balaban J connectivity index is 1.35. The molecule has 120 valence electrons. The van der Waals surface area contributed by atoms with Gasteiger partial charge in [0.05, 0.1) is 5.69 Å². The summed E-state index contributed by atoms with van der Waals surface area (Å²) < 4.78 is 13.0. The lowest BCUT2D eigenvalue weighted by Crippen LogP contribution is -2.53. The fourth-order valence-electron chi connectivity index (χ4n) is 3.60. The van der Waals surface area contributed by atoms with Gasteiger partial charge in [0.1, 0.15) is 5.82 Å². The number of hydrogen-bond acceptors (Lipinski definition) is 3. The van der Waals surface area contributed by atoms with Gasteiger partial charge in [-0.1, -0.05) is 30.3 Å². The molecule has 0 aliphatic carbocycles. The zero-order chi connectivity index (χ0) is 15.6. The number of nitrogens with zero attached hydrogens (tertiary/aromatic N) is 3. The highest BCUT2D eigenvalue weighted by molar-refractivity contribution is 5.56. The molecule has 2 aromatic rings. The maximum absolute atomic E-state index is 13.0. The van der Waals surface area contributed by atoms with Crippen LogP contribution >= 0.6 is 0 Å². The number of benzene rings is 2. The maximum atomic E-state index is 13.0. The van der Waals surface area contributed by atoms with Gasteiger partial charge in [-0.3, -0.25) is 4.90 Å². The first-order chi connectivity index (χ1) is 11.3. The van der Waals surface area contributed by atoms with Crippen LogP contribution in [0.2, 0.25) is 0 Å². The summed E-state index contributed by atoms with van der Waals surface area (Å²) in [7, 11) is 0. The normalized spacial score (nSPS) is 19.1. The second-order valence-corrected chi connectivity index (χ2v) is 6.36. The molecule has 4 heteroatoms. The number of halogens is 1. The largest absolute Gasteiger partial charge is 0.305 e. The molecule has 2 aromatic carbocycles. The Bertz CT molecular complexity index is 663. The molecule has 0 spiro atoms. The molecule has 0 unspecified atom stereocenters. The first-order valence-corrected chi connectivity index (χ1v) is 8.37. The van der Waals surface area contributed by atoms with Gasteiger partial charge >= 0.3 is 0 Å². The molecule has 2 heterocycles. The predicted molar refractivity (Wildman–Crippen MR) is 90.7 cm³/mol. The van der Waals surface area contributed by atoms with Crippen molar-refractivity contribution in [3.63, 3.8) is 0 Å². The number of hydrogen-bond donors (Lipinski definition) is 0. The van der Waals surface area contributed by atoms with Crippen LogP contribution < -0.4 is 5.01 Å². The van der Waals surface area contributed by atoms with Crippen molar-refractivity contribution in [3.05, 3.63) is 65.5 Å². The summed E-state index contributed by atoms with van der Waals surface area (Å²) in [4.78, 5) is 2.45. The minimum absolute atomic E-state index is 0.161. The molecule has 1 fully saturated rings. The summed E-state index contributed by atoms with van der Waals surface area (Å²) in [6.45, 7) is 6.21. The van der Waals surface area contributed by atoms with Crippen LogP contribution in [-0.4, -0.2) is 42.6 Å². The fraction of sp³-hybridized carbons (Fsp3) is 0.368. The molecule has 0 amide bonds. The Morgan fingerprint density at radius 1 is 0.826 bits per heavy atom. The molecule has 0 aromatic heterocycles. The van der Waals surface area contributed by atoms with Gasteiger partial charge in [0.25, 0.3) is 0 Å². The molecule has 2 aliphatic rings. The Hall–Kier alpha value is -1.91. The minimum Gasteiger partial charge on any atom is -0.305 e. The molecule has 2 aliphatic heterocycles. The Morgan fingerprint density at radius 3 is 2.35 bits per heavy atom. The molecular formula is C19H22FN3. The van der Waals surface area contributed by atoms with Gasteiger partial charge in [0.2, 0.25) is 0 Å². The molecule has 3 nitrogen and oxygen atoms in total. The summed E-state index contributed by atoms with van der Waals surface area (Å²) in [5.41, 5.74) is 4.02. The van der Waals surface area contributed by atoms with Crippen LogP contribution in [0.4, 0.5) is 10.1 Å². The van der Waals surface area contributed by atoms with Crippen LogP contribution in [0.3, 0.4) is 0 Å². The Kier molecular flexibility index (Phi) is 4.02. The van der Waals surface area contributed by atoms with Gasteiger partial charge in [0, 0.05) is 39.3 Å². The highest BCUT2D eigenvalue weighted by atomic mass is 19.1. The number of para-hydroxylation sites is 1. The lowest BCUT2D eigenvalue weighted by molar-refractivity contribution is 0.119. The average molecular weight is 311 g/mol. The van der Waals surface area contributed by atoms with Gasteiger partial charge in [0.15, 0.2) is 0 Å². The predicted octanol–water partition coefficient (Wildman–Crippen LogP) is 2.92. The lowest BCUT2D eigenvalue weighted by atomic mass is 10.2. The van der Waals surface area contributed by atoms with Crippen molar-refractivity contribution in [2.45, 2.75) is 13.0 Å². The summed E-state index contributed by atoms with van der Waals surface area (Å²) in [6.07, 6.45) is 1.14. The SMILES string of the molecule is Fc1ccc(CN2CCN(N3CCc4ccccc43)CC2)cc1. The summed E-state index contributed by atoms with van der Waals surface area (Å²) in [6, 6.07) is 15.6. The second-order valence-electron chi connectivity index (χ2n) is 6.36. The first kappa shape index (κ1) is 14.7. The van der Waals surface area contributed by atoms with Crippen LogP contribution in [0, 0.1) is 5.82 Å². The first-order valence-electron chi connectivity index (χ1n) is 8.37. The van der Waals surface area contributed by atoms with E-state index in [1.165, 1.54) is 16.8 Å². The van der Waals surface area contributed by atoms with Gasteiger partial charge < -0.3 is 5.01 Å². The Morgan fingerprint density at radius 2 is 1.57 bits per heavy atom. The van der Waals surface area contributed by atoms with Crippen LogP contribution in [0.5, 0.6) is 0 Å². The third-order valence-electron chi connectivity index (χ3n) is 4.87. The van der Waals surface area contributed by atoms with Crippen LogP contribution in [0.1, 0.15) is 11.1 Å².